The minimum atomic E-state index is 0.0650. The summed E-state index contributed by atoms with van der Waals surface area (Å²) in [6.45, 7) is 7.98. The van der Waals surface area contributed by atoms with E-state index in [4.69, 9.17) is 5.73 Å². The Morgan fingerprint density at radius 1 is 1.19 bits per heavy atom. The number of phenols is 1. The van der Waals surface area contributed by atoms with E-state index in [9.17, 15) is 5.11 Å². The van der Waals surface area contributed by atoms with Crippen molar-refractivity contribution in [1.82, 2.24) is 4.90 Å². The molecule has 0 saturated carbocycles. The van der Waals surface area contributed by atoms with Gasteiger partial charge < -0.3 is 10.8 Å². The molecule has 0 heterocycles. The molecule has 0 amide bonds. The van der Waals surface area contributed by atoms with Gasteiger partial charge in [-0.05, 0) is 31.3 Å². The summed E-state index contributed by atoms with van der Waals surface area (Å²) in [6, 6.07) is 12.2. The van der Waals surface area contributed by atoms with Crippen molar-refractivity contribution in [3.8, 4) is 5.75 Å². The maximum absolute atomic E-state index is 10.6. The highest BCUT2D eigenvalue weighted by molar-refractivity contribution is 5.89. The first-order chi connectivity index (χ1) is 9.85. The Hall–Kier alpha value is -1.58. The topological polar surface area (TPSA) is 49.5 Å². The van der Waals surface area contributed by atoms with E-state index in [1.54, 1.807) is 0 Å². The van der Waals surface area contributed by atoms with Crippen molar-refractivity contribution in [1.29, 1.82) is 0 Å². The molecule has 0 saturated heterocycles. The number of hydrogen-bond donors (Lipinski definition) is 2. The lowest BCUT2D eigenvalue weighted by atomic mass is 9.91. The lowest BCUT2D eigenvalue weighted by Crippen LogP contribution is -2.37. The molecule has 2 aromatic carbocycles. The van der Waals surface area contributed by atoms with E-state index in [1.165, 1.54) is 0 Å². The maximum Gasteiger partial charge on any atom is 0.128 e. The Kier molecular flexibility index (Phi) is 4.55. The van der Waals surface area contributed by atoms with Gasteiger partial charge in [-0.15, -0.1) is 0 Å². The third kappa shape index (κ3) is 3.36. The van der Waals surface area contributed by atoms with E-state index >= 15 is 0 Å². The molecule has 2 rings (SSSR count). The highest BCUT2D eigenvalue weighted by atomic mass is 16.3. The summed E-state index contributed by atoms with van der Waals surface area (Å²) >= 11 is 0. The van der Waals surface area contributed by atoms with Gasteiger partial charge in [-0.25, -0.2) is 0 Å². The smallest absolute Gasteiger partial charge is 0.128 e. The third-order valence-corrected chi connectivity index (χ3v) is 4.27. The van der Waals surface area contributed by atoms with Crippen molar-refractivity contribution >= 4 is 10.8 Å². The Balaban J connectivity index is 2.31. The Morgan fingerprint density at radius 2 is 1.86 bits per heavy atom. The van der Waals surface area contributed by atoms with E-state index < -0.39 is 0 Å². The van der Waals surface area contributed by atoms with E-state index in [0.29, 0.717) is 12.3 Å². The summed E-state index contributed by atoms with van der Waals surface area (Å²) in [5, 5.41) is 12.5. The predicted molar refractivity (Wildman–Crippen MR) is 89.5 cm³/mol. The second kappa shape index (κ2) is 6.04. The third-order valence-electron chi connectivity index (χ3n) is 4.27. The number of aromatic hydroxyl groups is 1. The zero-order chi connectivity index (χ0) is 15.6. The van der Waals surface area contributed by atoms with Crippen molar-refractivity contribution < 1.29 is 5.11 Å². The second-order valence-electron chi connectivity index (χ2n) is 6.68. The van der Waals surface area contributed by atoms with Crippen LogP contribution in [0.2, 0.25) is 0 Å². The number of fused-ring (bicyclic) bond motifs is 1. The van der Waals surface area contributed by atoms with Crippen LogP contribution in [-0.4, -0.2) is 30.1 Å². The molecule has 0 aromatic heterocycles. The fraction of sp³-hybridized carbons (Fsp3) is 0.444. The van der Waals surface area contributed by atoms with Gasteiger partial charge in [0, 0.05) is 23.5 Å². The van der Waals surface area contributed by atoms with Crippen molar-refractivity contribution in [3.05, 3.63) is 42.0 Å². The van der Waals surface area contributed by atoms with Crippen molar-refractivity contribution in [2.45, 2.75) is 26.8 Å². The average Bonchev–Trinajstić information content (AvgIpc) is 2.47. The highest BCUT2D eigenvalue weighted by Gasteiger charge is 2.23. The summed E-state index contributed by atoms with van der Waals surface area (Å²) in [4.78, 5) is 2.25. The molecular weight excluding hydrogens is 260 g/mol. The maximum atomic E-state index is 10.6. The van der Waals surface area contributed by atoms with Gasteiger partial charge in [-0.1, -0.05) is 50.2 Å². The van der Waals surface area contributed by atoms with Gasteiger partial charge in [0.05, 0.1) is 0 Å². The van der Waals surface area contributed by atoms with Crippen LogP contribution >= 0.6 is 0 Å². The lowest BCUT2D eigenvalue weighted by Gasteiger charge is -2.33. The molecule has 21 heavy (non-hydrogen) atoms. The van der Waals surface area contributed by atoms with Crippen LogP contribution in [0, 0.1) is 5.41 Å². The summed E-state index contributed by atoms with van der Waals surface area (Å²) < 4.78 is 0. The van der Waals surface area contributed by atoms with Crippen LogP contribution in [0.15, 0.2) is 36.4 Å². The quantitative estimate of drug-likeness (QED) is 0.884. The fourth-order valence-electron chi connectivity index (χ4n) is 2.72. The van der Waals surface area contributed by atoms with E-state index in [-0.39, 0.29) is 11.5 Å². The van der Waals surface area contributed by atoms with E-state index in [0.717, 1.165) is 22.9 Å². The molecule has 3 heteroatoms. The normalized spacial score (nSPS) is 13.8. The molecule has 0 fully saturated rings. The molecule has 1 atom stereocenters. The van der Waals surface area contributed by atoms with E-state index in [2.05, 4.69) is 38.8 Å². The van der Waals surface area contributed by atoms with Crippen LogP contribution in [0.5, 0.6) is 5.75 Å². The Bertz CT molecular complexity index is 622. The minimum Gasteiger partial charge on any atom is -0.507 e. The molecule has 2 aromatic rings. The summed E-state index contributed by atoms with van der Waals surface area (Å²) in [5.74, 6) is 0.387. The monoisotopic (exact) mass is 286 g/mol. The predicted octanol–water partition coefficient (Wildman–Crippen LogP) is 3.52. The van der Waals surface area contributed by atoms with Crippen molar-refractivity contribution in [2.75, 3.05) is 20.1 Å². The van der Waals surface area contributed by atoms with Gasteiger partial charge >= 0.3 is 0 Å². The number of benzene rings is 2. The number of nitrogens with zero attached hydrogens (tertiary/aromatic N) is 1. The van der Waals surface area contributed by atoms with Gasteiger partial charge in [-0.3, -0.25) is 4.90 Å². The molecule has 1 unspecified atom stereocenters. The molecule has 0 aliphatic carbocycles. The molecule has 0 spiro atoms. The fourth-order valence-corrected chi connectivity index (χ4v) is 2.72. The molecule has 0 aliphatic heterocycles. The largest absolute Gasteiger partial charge is 0.507 e. The SMILES string of the molecule is CC(c1ccc2ccccc2c1O)N(C)CC(C)(C)CN. The van der Waals surface area contributed by atoms with Crippen LogP contribution in [0.3, 0.4) is 0 Å². The van der Waals surface area contributed by atoms with Crippen LogP contribution < -0.4 is 5.73 Å². The summed E-state index contributed by atoms with van der Waals surface area (Å²) in [7, 11) is 2.08. The van der Waals surface area contributed by atoms with E-state index in [1.807, 2.05) is 30.3 Å². The lowest BCUT2D eigenvalue weighted by molar-refractivity contribution is 0.172. The standard InChI is InChI=1S/C18H26N2O/c1-13(20(4)12-18(2,3)11-19)15-10-9-14-7-5-6-8-16(14)17(15)21/h5-10,13,21H,11-12,19H2,1-4H3. The number of hydrogen-bond acceptors (Lipinski definition) is 3. The van der Waals surface area contributed by atoms with Gasteiger partial charge in [0.25, 0.3) is 0 Å². The molecule has 0 aliphatic rings. The van der Waals surface area contributed by atoms with Crippen LogP contribution in [-0.2, 0) is 0 Å². The van der Waals surface area contributed by atoms with Crippen LogP contribution in [0.1, 0.15) is 32.4 Å². The van der Waals surface area contributed by atoms with Crippen LogP contribution in [0.25, 0.3) is 10.8 Å². The zero-order valence-corrected chi connectivity index (χ0v) is 13.4. The molecule has 114 valence electrons. The van der Waals surface area contributed by atoms with Gasteiger partial charge in [0.1, 0.15) is 5.75 Å². The second-order valence-corrected chi connectivity index (χ2v) is 6.68. The summed E-state index contributed by atoms with van der Waals surface area (Å²) in [6.07, 6.45) is 0. The van der Waals surface area contributed by atoms with Gasteiger partial charge in [0.2, 0.25) is 0 Å². The Morgan fingerprint density at radius 3 is 2.52 bits per heavy atom. The van der Waals surface area contributed by atoms with Gasteiger partial charge in [-0.2, -0.15) is 0 Å². The first-order valence-corrected chi connectivity index (χ1v) is 7.46. The molecular formula is C18H26N2O. The first kappa shape index (κ1) is 15.8. The Labute approximate surface area is 127 Å². The highest BCUT2D eigenvalue weighted by Crippen LogP contribution is 2.35. The number of nitrogens with two attached hydrogens (primary N) is 1. The molecule has 0 bridgehead atoms. The zero-order valence-electron chi connectivity index (χ0n) is 13.4. The van der Waals surface area contributed by atoms with Crippen molar-refractivity contribution in [2.24, 2.45) is 11.1 Å². The van der Waals surface area contributed by atoms with Crippen LogP contribution in [0.4, 0.5) is 0 Å². The molecule has 3 N–H and O–H groups in total. The van der Waals surface area contributed by atoms with Gasteiger partial charge in [0.15, 0.2) is 0 Å². The van der Waals surface area contributed by atoms with Crippen molar-refractivity contribution in [3.63, 3.8) is 0 Å². The minimum absolute atomic E-state index is 0.0650. The summed E-state index contributed by atoms with van der Waals surface area (Å²) in [5.41, 5.74) is 6.85. The number of rotatable bonds is 5. The molecule has 0 radical (unpaired) electrons. The molecule has 3 nitrogen and oxygen atoms in total. The first-order valence-electron chi connectivity index (χ1n) is 7.46. The average molecular weight is 286 g/mol. The number of phenolic OH excluding ortho intramolecular Hbond substituents is 1.